The summed E-state index contributed by atoms with van der Waals surface area (Å²) >= 11 is 0. The van der Waals surface area contributed by atoms with Crippen LogP contribution >= 0.6 is 0 Å². The van der Waals surface area contributed by atoms with Crippen LogP contribution in [0.5, 0.6) is 0 Å². The van der Waals surface area contributed by atoms with E-state index >= 15 is 0 Å². The lowest BCUT2D eigenvalue weighted by atomic mass is 9.39. The number of fused-ring (bicyclic) bond motifs is 1. The fourth-order valence-corrected chi connectivity index (χ4v) is 5.84. The average molecular weight is 286 g/mol. The molecule has 0 aromatic carbocycles. The molecule has 0 aromatic rings. The standard InChI is InChI=1S/C15H14N2O4/c1-3-2-4-6-8(11-10(6)14(20)17-15(11)21)5(3)9-7(4)12(18)16-13(9)19/h2,4-11H,1H3,(H,16,18,19)(H,17,20,21)/t4-,5-,6-,7-,8-,9-,10-,11-/m1/s1. The van der Waals surface area contributed by atoms with Crippen molar-refractivity contribution in [2.75, 3.05) is 0 Å². The van der Waals surface area contributed by atoms with Crippen LogP contribution in [0.2, 0.25) is 0 Å². The van der Waals surface area contributed by atoms with Crippen molar-refractivity contribution in [1.82, 2.24) is 10.6 Å². The zero-order valence-electron chi connectivity index (χ0n) is 11.3. The molecule has 0 spiro atoms. The van der Waals surface area contributed by atoms with E-state index in [4.69, 9.17) is 0 Å². The number of hydrogen-bond donors (Lipinski definition) is 2. The third kappa shape index (κ3) is 1.06. The maximum absolute atomic E-state index is 12.1. The van der Waals surface area contributed by atoms with Gasteiger partial charge in [0.2, 0.25) is 23.6 Å². The second kappa shape index (κ2) is 3.26. The van der Waals surface area contributed by atoms with Gasteiger partial charge in [-0.3, -0.25) is 29.8 Å². The lowest BCUT2D eigenvalue weighted by Crippen LogP contribution is -2.64. The molecular formula is C15H14N2O4. The summed E-state index contributed by atoms with van der Waals surface area (Å²) in [6.45, 7) is 1.97. The predicted molar refractivity (Wildman–Crippen MR) is 68.0 cm³/mol. The minimum absolute atomic E-state index is 0.0352. The molecule has 0 radical (unpaired) electrons. The van der Waals surface area contributed by atoms with Gasteiger partial charge in [-0.2, -0.15) is 0 Å². The highest BCUT2D eigenvalue weighted by Gasteiger charge is 2.73. The van der Waals surface area contributed by atoms with Gasteiger partial charge >= 0.3 is 0 Å². The number of hydrogen-bond acceptors (Lipinski definition) is 4. The van der Waals surface area contributed by atoms with Gasteiger partial charge in [-0.05, 0) is 30.6 Å². The van der Waals surface area contributed by atoms with Crippen molar-refractivity contribution in [2.45, 2.75) is 6.92 Å². The van der Waals surface area contributed by atoms with Crippen molar-refractivity contribution in [3.05, 3.63) is 11.6 Å². The van der Waals surface area contributed by atoms with E-state index in [0.29, 0.717) is 0 Å². The Hall–Kier alpha value is -1.98. The summed E-state index contributed by atoms with van der Waals surface area (Å²) in [5.41, 5.74) is 1.10. The second-order valence-electron chi connectivity index (χ2n) is 6.98. The molecule has 2 aliphatic heterocycles. The quantitative estimate of drug-likeness (QED) is 0.451. The summed E-state index contributed by atoms with van der Waals surface area (Å²) in [4.78, 5) is 48.2. The summed E-state index contributed by atoms with van der Waals surface area (Å²) in [5.74, 6) is -2.22. The molecule has 2 bridgehead atoms. The highest BCUT2D eigenvalue weighted by atomic mass is 16.2. The van der Waals surface area contributed by atoms with Crippen LogP contribution in [0.25, 0.3) is 0 Å². The molecule has 6 heteroatoms. The van der Waals surface area contributed by atoms with Gasteiger partial charge in [-0.15, -0.1) is 0 Å². The maximum atomic E-state index is 12.1. The Labute approximate surface area is 120 Å². The van der Waals surface area contributed by atoms with Crippen LogP contribution in [0, 0.1) is 47.3 Å². The van der Waals surface area contributed by atoms with E-state index < -0.39 is 0 Å². The molecule has 108 valence electrons. The molecule has 4 fully saturated rings. The van der Waals surface area contributed by atoms with Crippen molar-refractivity contribution in [3.8, 4) is 0 Å². The molecule has 6 aliphatic rings. The highest BCUT2D eigenvalue weighted by molar-refractivity contribution is 6.09. The predicted octanol–water partition coefficient (Wildman–Crippen LogP) is -0.784. The molecule has 0 aromatic heterocycles. The highest BCUT2D eigenvalue weighted by Crippen LogP contribution is 2.67. The Morgan fingerprint density at radius 3 is 1.90 bits per heavy atom. The minimum atomic E-state index is -0.350. The van der Waals surface area contributed by atoms with Crippen LogP contribution in [0.4, 0.5) is 0 Å². The van der Waals surface area contributed by atoms with E-state index in [-0.39, 0.29) is 71.0 Å². The first kappa shape index (κ1) is 11.7. The zero-order chi connectivity index (χ0) is 14.6. The van der Waals surface area contributed by atoms with E-state index in [1.807, 2.05) is 6.92 Å². The lowest BCUT2D eigenvalue weighted by Gasteiger charge is -2.61. The number of allylic oxidation sites excluding steroid dienone is 2. The molecule has 6 nitrogen and oxygen atoms in total. The molecule has 4 amide bonds. The van der Waals surface area contributed by atoms with E-state index in [2.05, 4.69) is 16.7 Å². The molecule has 0 unspecified atom stereocenters. The van der Waals surface area contributed by atoms with Crippen molar-refractivity contribution >= 4 is 23.6 Å². The third-order valence-corrected chi connectivity index (χ3v) is 6.39. The van der Waals surface area contributed by atoms with Crippen LogP contribution in [0.15, 0.2) is 11.6 Å². The van der Waals surface area contributed by atoms with Crippen LogP contribution < -0.4 is 10.6 Å². The molecule has 2 saturated heterocycles. The second-order valence-corrected chi connectivity index (χ2v) is 6.98. The monoisotopic (exact) mass is 286 g/mol. The van der Waals surface area contributed by atoms with E-state index in [0.717, 1.165) is 5.57 Å². The van der Waals surface area contributed by atoms with E-state index in [1.54, 1.807) is 0 Å². The van der Waals surface area contributed by atoms with Crippen LogP contribution in [-0.2, 0) is 19.2 Å². The smallest absolute Gasteiger partial charge is 0.231 e. The van der Waals surface area contributed by atoms with Crippen LogP contribution in [0.3, 0.4) is 0 Å². The molecule has 8 atom stereocenters. The fraction of sp³-hybridized carbons (Fsp3) is 0.600. The van der Waals surface area contributed by atoms with Crippen molar-refractivity contribution in [2.24, 2.45) is 47.3 Å². The fourth-order valence-electron chi connectivity index (χ4n) is 5.84. The summed E-state index contributed by atoms with van der Waals surface area (Å²) in [6.07, 6.45) is 2.07. The van der Waals surface area contributed by atoms with Crippen molar-refractivity contribution in [1.29, 1.82) is 0 Å². The normalized spacial score (nSPS) is 52.5. The topological polar surface area (TPSA) is 92.3 Å². The first-order valence-electron chi connectivity index (χ1n) is 7.38. The van der Waals surface area contributed by atoms with Crippen LogP contribution in [0.1, 0.15) is 6.92 Å². The van der Waals surface area contributed by atoms with Gasteiger partial charge in [0.05, 0.1) is 23.7 Å². The van der Waals surface area contributed by atoms with Gasteiger partial charge in [0, 0.05) is 0 Å². The minimum Gasteiger partial charge on any atom is -0.296 e. The van der Waals surface area contributed by atoms with Gasteiger partial charge < -0.3 is 0 Å². The first-order chi connectivity index (χ1) is 10.0. The largest absolute Gasteiger partial charge is 0.296 e. The maximum Gasteiger partial charge on any atom is 0.231 e. The number of carbonyl (C=O) groups is 4. The van der Waals surface area contributed by atoms with Gasteiger partial charge in [-0.1, -0.05) is 11.6 Å². The van der Waals surface area contributed by atoms with Gasteiger partial charge in [0.25, 0.3) is 0 Å². The molecule has 2 saturated carbocycles. The van der Waals surface area contributed by atoms with E-state index in [1.165, 1.54) is 0 Å². The molecule has 4 aliphatic carbocycles. The van der Waals surface area contributed by atoms with Crippen molar-refractivity contribution in [3.63, 3.8) is 0 Å². The Morgan fingerprint density at radius 2 is 1.24 bits per heavy atom. The lowest BCUT2D eigenvalue weighted by molar-refractivity contribution is -0.168. The number of imide groups is 2. The van der Waals surface area contributed by atoms with Gasteiger partial charge in [0.15, 0.2) is 0 Å². The Balaban J connectivity index is 1.66. The molecule has 6 rings (SSSR count). The number of rotatable bonds is 0. The van der Waals surface area contributed by atoms with Gasteiger partial charge in [0.1, 0.15) is 0 Å². The molecule has 21 heavy (non-hydrogen) atoms. The summed E-state index contributed by atoms with van der Waals surface area (Å²) in [7, 11) is 0. The Bertz CT molecular complexity index is 681. The zero-order valence-corrected chi connectivity index (χ0v) is 11.3. The average Bonchev–Trinajstić information content (AvgIpc) is 2.79. The first-order valence-corrected chi connectivity index (χ1v) is 7.38. The summed E-state index contributed by atoms with van der Waals surface area (Å²) < 4.78 is 0. The van der Waals surface area contributed by atoms with Gasteiger partial charge in [-0.25, -0.2) is 0 Å². The summed E-state index contributed by atoms with van der Waals surface area (Å²) in [6, 6.07) is 0. The Kier molecular flexibility index (Phi) is 1.81. The molecule has 2 N–H and O–H groups in total. The number of nitrogens with one attached hydrogen (secondary N) is 2. The Morgan fingerprint density at radius 1 is 0.714 bits per heavy atom. The SMILES string of the molecule is CC1=C[C@H]2[C@H]3C(=O)NC(=O)[C@@H]3[C@H]1[C@H]1[C@H]3C(=O)NC(=O)[C@@H]3[C@H]21. The van der Waals surface area contributed by atoms with Crippen molar-refractivity contribution < 1.29 is 19.2 Å². The third-order valence-electron chi connectivity index (χ3n) is 6.39. The number of amides is 4. The number of carbonyl (C=O) groups excluding carboxylic acids is 4. The molecular weight excluding hydrogens is 272 g/mol. The molecule has 2 heterocycles. The van der Waals surface area contributed by atoms with Crippen LogP contribution in [-0.4, -0.2) is 23.6 Å². The summed E-state index contributed by atoms with van der Waals surface area (Å²) in [5, 5.41) is 4.86. The van der Waals surface area contributed by atoms with E-state index in [9.17, 15) is 19.2 Å².